The summed E-state index contributed by atoms with van der Waals surface area (Å²) in [5.41, 5.74) is 8.20. The quantitative estimate of drug-likeness (QED) is 0.729. The van der Waals surface area contributed by atoms with Crippen molar-refractivity contribution in [2.45, 2.75) is 55.5 Å². The molecule has 27 heavy (non-hydrogen) atoms. The Morgan fingerprint density at radius 1 is 1.26 bits per heavy atom. The van der Waals surface area contributed by atoms with Crippen molar-refractivity contribution >= 4 is 16.6 Å². The van der Waals surface area contributed by atoms with Crippen molar-refractivity contribution in [2.24, 2.45) is 5.73 Å². The summed E-state index contributed by atoms with van der Waals surface area (Å²) in [6, 6.07) is 7.95. The third-order valence-corrected chi connectivity index (χ3v) is 7.03. The maximum Gasteiger partial charge on any atom is 0.161 e. The monoisotopic (exact) mass is 386 g/mol. The number of aromatic nitrogens is 2. The number of hydrogen-bond donors (Lipinski definition) is 3. The first-order chi connectivity index (χ1) is 12.8. The van der Waals surface area contributed by atoms with Gasteiger partial charge in [-0.15, -0.1) is 0 Å². The van der Waals surface area contributed by atoms with Gasteiger partial charge in [-0.25, -0.2) is 9.97 Å². The molecule has 2 aromatic rings. The van der Waals surface area contributed by atoms with Crippen LogP contribution in [0.5, 0.6) is 0 Å². The van der Waals surface area contributed by atoms with Crippen molar-refractivity contribution in [3.8, 4) is 11.4 Å². The van der Waals surface area contributed by atoms with Gasteiger partial charge in [0.1, 0.15) is 10.7 Å². The summed E-state index contributed by atoms with van der Waals surface area (Å²) in [5.74, 6) is 1.81. The highest BCUT2D eigenvalue weighted by molar-refractivity contribution is 7.85. The van der Waals surface area contributed by atoms with Crippen LogP contribution in [0.15, 0.2) is 29.2 Å². The summed E-state index contributed by atoms with van der Waals surface area (Å²) >= 11 is 0. The molecule has 1 unspecified atom stereocenters. The molecule has 0 amide bonds. The maximum absolute atomic E-state index is 12.5. The zero-order chi connectivity index (χ0) is 19.2. The number of aliphatic hydroxyl groups is 1. The van der Waals surface area contributed by atoms with Crippen molar-refractivity contribution in [1.82, 2.24) is 9.97 Å². The summed E-state index contributed by atoms with van der Waals surface area (Å²) in [6.07, 6.45) is 3.55. The van der Waals surface area contributed by atoms with Crippen LogP contribution in [0.3, 0.4) is 0 Å². The normalized spacial score (nSPS) is 20.8. The van der Waals surface area contributed by atoms with E-state index >= 15 is 0 Å². The lowest BCUT2D eigenvalue weighted by molar-refractivity contribution is 0.143. The van der Waals surface area contributed by atoms with Crippen molar-refractivity contribution in [1.29, 1.82) is 0 Å². The molecule has 0 radical (unpaired) electrons. The average Bonchev–Trinajstić information content (AvgIpc) is 2.99. The third-order valence-electron chi connectivity index (χ3n) is 5.57. The van der Waals surface area contributed by atoms with E-state index in [9.17, 15) is 9.32 Å². The molecule has 2 heterocycles. The van der Waals surface area contributed by atoms with E-state index < -0.39 is 16.3 Å². The molecule has 0 bridgehead atoms. The van der Waals surface area contributed by atoms with E-state index in [0.29, 0.717) is 28.7 Å². The van der Waals surface area contributed by atoms with Gasteiger partial charge < -0.3 is 16.2 Å². The Morgan fingerprint density at radius 3 is 2.52 bits per heavy atom. The topological polar surface area (TPSA) is 101 Å². The zero-order valence-corrected chi connectivity index (χ0v) is 16.6. The van der Waals surface area contributed by atoms with Crippen LogP contribution in [0.4, 0.5) is 5.82 Å². The van der Waals surface area contributed by atoms with Gasteiger partial charge in [0.25, 0.3) is 0 Å². The molecule has 1 aromatic carbocycles. The van der Waals surface area contributed by atoms with Crippen LogP contribution in [0.25, 0.3) is 11.4 Å². The van der Waals surface area contributed by atoms with E-state index in [4.69, 9.17) is 10.7 Å². The lowest BCUT2D eigenvalue weighted by Crippen LogP contribution is -2.48. The summed E-state index contributed by atoms with van der Waals surface area (Å²) in [7, 11) is -1.09. The molecule has 1 aliphatic heterocycles. The fourth-order valence-electron chi connectivity index (χ4n) is 3.64. The summed E-state index contributed by atoms with van der Waals surface area (Å²) < 4.78 is 12.5. The van der Waals surface area contributed by atoms with Crippen LogP contribution in [0.1, 0.15) is 44.4 Å². The minimum atomic E-state index is -1.09. The second kappa shape index (κ2) is 6.65. The number of nitrogens with one attached hydrogen (secondary N) is 1. The molecule has 2 aliphatic rings. The molecule has 0 spiro atoms. The molecular formula is C20H26N4O2S. The number of nitrogens with two attached hydrogens (primary N) is 1. The molecule has 144 valence electrons. The van der Waals surface area contributed by atoms with Gasteiger partial charge in [-0.3, -0.25) is 4.21 Å². The van der Waals surface area contributed by atoms with Gasteiger partial charge in [0.05, 0.1) is 28.6 Å². The van der Waals surface area contributed by atoms with E-state index in [-0.39, 0.29) is 12.1 Å². The summed E-state index contributed by atoms with van der Waals surface area (Å²) in [4.78, 5) is 10.1. The molecule has 1 aliphatic carbocycles. The highest BCUT2D eigenvalue weighted by Crippen LogP contribution is 2.38. The number of nitrogens with zero attached hydrogens (tertiary/aromatic N) is 2. The molecule has 4 rings (SSSR count). The maximum atomic E-state index is 12.5. The van der Waals surface area contributed by atoms with Gasteiger partial charge in [0.2, 0.25) is 0 Å². The Bertz CT molecular complexity index is 881. The summed E-state index contributed by atoms with van der Waals surface area (Å²) in [5, 5.41) is 13.2. The Hall–Kier alpha value is -1.83. The van der Waals surface area contributed by atoms with E-state index in [1.54, 1.807) is 0 Å². The van der Waals surface area contributed by atoms with Crippen LogP contribution in [0.2, 0.25) is 0 Å². The van der Waals surface area contributed by atoms with Gasteiger partial charge in [0.15, 0.2) is 5.82 Å². The Morgan fingerprint density at radius 2 is 1.96 bits per heavy atom. The Balaban J connectivity index is 1.74. The number of benzene rings is 1. The highest BCUT2D eigenvalue weighted by Gasteiger charge is 2.38. The van der Waals surface area contributed by atoms with Gasteiger partial charge in [-0.05, 0) is 38.7 Å². The fourth-order valence-corrected chi connectivity index (χ4v) is 4.94. The molecule has 1 aromatic heterocycles. The molecular weight excluding hydrogens is 360 g/mol. The number of anilines is 1. The molecule has 1 saturated carbocycles. The second-order valence-electron chi connectivity index (χ2n) is 8.19. The lowest BCUT2D eigenvalue weighted by Gasteiger charge is -2.41. The first-order valence-corrected chi connectivity index (χ1v) is 10.7. The highest BCUT2D eigenvalue weighted by atomic mass is 32.2. The summed E-state index contributed by atoms with van der Waals surface area (Å²) in [6.45, 7) is 3.99. The van der Waals surface area contributed by atoms with Gasteiger partial charge >= 0.3 is 0 Å². The molecule has 4 N–H and O–H groups in total. The minimum Gasteiger partial charge on any atom is -0.394 e. The number of rotatable bonds is 5. The van der Waals surface area contributed by atoms with E-state index in [0.717, 1.165) is 36.1 Å². The van der Waals surface area contributed by atoms with Gasteiger partial charge in [-0.2, -0.15) is 0 Å². The molecule has 6 nitrogen and oxygen atoms in total. The predicted octanol–water partition coefficient (Wildman–Crippen LogP) is 2.33. The fraction of sp³-hybridized carbons (Fsp3) is 0.500. The third kappa shape index (κ3) is 3.39. The Kier molecular flexibility index (Phi) is 4.56. The lowest BCUT2D eigenvalue weighted by atomic mass is 9.77. The first kappa shape index (κ1) is 18.5. The molecule has 0 saturated heterocycles. The number of aliphatic hydroxyl groups excluding tert-OH is 1. The number of aryl methyl sites for hydroxylation is 1. The molecule has 1 fully saturated rings. The van der Waals surface area contributed by atoms with Gasteiger partial charge in [0, 0.05) is 23.3 Å². The zero-order valence-electron chi connectivity index (χ0n) is 15.8. The largest absolute Gasteiger partial charge is 0.394 e. The van der Waals surface area contributed by atoms with E-state index in [1.807, 2.05) is 38.1 Å². The van der Waals surface area contributed by atoms with Crippen molar-refractivity contribution < 1.29 is 9.32 Å². The van der Waals surface area contributed by atoms with E-state index in [2.05, 4.69) is 10.3 Å². The smallest absolute Gasteiger partial charge is 0.161 e. The molecule has 7 heteroatoms. The van der Waals surface area contributed by atoms with Crippen LogP contribution in [-0.2, 0) is 22.8 Å². The predicted molar refractivity (Wildman–Crippen MR) is 107 cm³/mol. The van der Waals surface area contributed by atoms with Crippen molar-refractivity contribution in [3.05, 3.63) is 35.5 Å². The standard InChI is InChI=1S/C20H26N4O2S/c1-19(2,21)14-6-4-13(5-7-14)17-22-15-8-11-27(26)16(15)18(23-17)24-20(12-25)9-3-10-20/h4-7,25H,3,8-12,21H2,1-2H3,(H,22,23,24). The van der Waals surface area contributed by atoms with Gasteiger partial charge in [-0.1, -0.05) is 24.3 Å². The minimum absolute atomic E-state index is 0.0496. The second-order valence-corrected chi connectivity index (χ2v) is 9.69. The van der Waals surface area contributed by atoms with Crippen LogP contribution in [0, 0.1) is 0 Å². The van der Waals surface area contributed by atoms with E-state index in [1.165, 1.54) is 0 Å². The number of hydrogen-bond acceptors (Lipinski definition) is 6. The average molecular weight is 387 g/mol. The van der Waals surface area contributed by atoms with Crippen LogP contribution >= 0.6 is 0 Å². The SMILES string of the molecule is CC(C)(N)c1ccc(-c2nc3c(c(NC4(CO)CCC4)n2)S(=O)CC3)cc1. The van der Waals surface area contributed by atoms with Crippen LogP contribution in [-0.4, -0.2) is 37.2 Å². The molecule has 1 atom stereocenters. The van der Waals surface area contributed by atoms with Crippen molar-refractivity contribution in [3.63, 3.8) is 0 Å². The van der Waals surface area contributed by atoms with Crippen molar-refractivity contribution in [2.75, 3.05) is 17.7 Å². The number of fused-ring (bicyclic) bond motifs is 1. The first-order valence-electron chi connectivity index (χ1n) is 9.39. The Labute approximate surface area is 162 Å². The van der Waals surface area contributed by atoms with Crippen LogP contribution < -0.4 is 11.1 Å².